The topological polar surface area (TPSA) is 46.6 Å². The minimum atomic E-state index is -2.41. The van der Waals surface area contributed by atoms with Crippen LogP contribution in [0.15, 0.2) is 18.2 Å². The van der Waals surface area contributed by atoms with Crippen LogP contribution in [0.3, 0.4) is 0 Å². The van der Waals surface area contributed by atoms with Crippen molar-refractivity contribution in [3.63, 3.8) is 0 Å². The van der Waals surface area contributed by atoms with Crippen molar-refractivity contribution >= 4 is 31.8 Å². The van der Waals surface area contributed by atoms with Gasteiger partial charge < -0.3 is 0 Å². The van der Waals surface area contributed by atoms with Crippen LogP contribution in [0.4, 0.5) is 27.6 Å². The van der Waals surface area contributed by atoms with Crippen molar-refractivity contribution < 1.29 is 52.0 Å². The van der Waals surface area contributed by atoms with Crippen molar-refractivity contribution in [1.82, 2.24) is 0 Å². The van der Waals surface area contributed by atoms with Crippen molar-refractivity contribution in [2.45, 2.75) is 13.0 Å². The van der Waals surface area contributed by atoms with Crippen molar-refractivity contribution in [3.8, 4) is 5.75 Å². The van der Waals surface area contributed by atoms with E-state index in [-0.39, 0.29) is 11.4 Å². The van der Waals surface area contributed by atoms with Crippen molar-refractivity contribution in [2.24, 2.45) is 0 Å². The molecule has 0 aromatic heterocycles. The summed E-state index contributed by atoms with van der Waals surface area (Å²) in [4.78, 5) is 25.5. The minimum absolute atomic E-state index is 0.0294. The third kappa shape index (κ3) is 3.14. The monoisotopic (exact) mass is 506 g/mol. The van der Waals surface area contributed by atoms with Gasteiger partial charge in [0, 0.05) is 0 Å². The van der Waals surface area contributed by atoms with Crippen molar-refractivity contribution in [2.75, 3.05) is 4.90 Å². The average Bonchev–Trinajstić information content (AvgIpc) is 2.66. The maximum absolute atomic E-state index is 14.1. The first-order valence-corrected chi connectivity index (χ1v) is 10.7. The van der Waals surface area contributed by atoms with E-state index in [0.29, 0.717) is 10.5 Å². The zero-order chi connectivity index (χ0) is 20.7. The number of hydrogen-bond acceptors (Lipinski definition) is 3. The van der Waals surface area contributed by atoms with Gasteiger partial charge in [0.1, 0.15) is 0 Å². The second-order valence-electron chi connectivity index (χ2n) is 5.56. The number of nitrogens with zero attached hydrogens (tertiary/aromatic N) is 1. The number of amides is 2. The first kappa shape index (κ1) is 20.5. The van der Waals surface area contributed by atoms with Gasteiger partial charge in [0.15, 0.2) is 0 Å². The van der Waals surface area contributed by atoms with Crippen LogP contribution in [0, 0.1) is 29.1 Å². The van der Waals surface area contributed by atoms with Gasteiger partial charge in [-0.1, -0.05) is 0 Å². The molecule has 0 spiro atoms. The first-order chi connectivity index (χ1) is 13.2. The fourth-order valence-electron chi connectivity index (χ4n) is 2.61. The Balaban J connectivity index is 2.24. The molecule has 28 heavy (non-hydrogen) atoms. The number of anilines is 1. The molecule has 1 unspecified atom stereocenters. The quantitative estimate of drug-likeness (QED) is 0.205. The van der Waals surface area contributed by atoms with Gasteiger partial charge in [-0.05, 0) is 0 Å². The van der Waals surface area contributed by atoms with Gasteiger partial charge in [-0.3, -0.25) is 0 Å². The van der Waals surface area contributed by atoms with Crippen LogP contribution >= 0.6 is 9.69 Å². The third-order valence-corrected chi connectivity index (χ3v) is 5.09. The van der Waals surface area contributed by atoms with Crippen LogP contribution in [0.1, 0.15) is 22.8 Å². The Morgan fingerprint density at radius 3 is 2.25 bits per heavy atom. The van der Waals surface area contributed by atoms with E-state index in [2.05, 4.69) is 0 Å². The first-order valence-electron chi connectivity index (χ1n) is 7.45. The van der Waals surface area contributed by atoms with E-state index in [0.717, 1.165) is 0 Å². The maximum atomic E-state index is 14.1. The van der Waals surface area contributed by atoms with Crippen LogP contribution in [0.5, 0.6) is 5.75 Å². The van der Waals surface area contributed by atoms with Crippen molar-refractivity contribution in [3.05, 3.63) is 58.4 Å². The molecule has 0 N–H and O–H groups in total. The Morgan fingerprint density at radius 2 is 1.68 bits per heavy atom. The summed E-state index contributed by atoms with van der Waals surface area (Å²) in [6.07, 6.45) is -1.25. The second kappa shape index (κ2) is 7.68. The van der Waals surface area contributed by atoms with E-state index in [1.165, 1.54) is 19.1 Å². The Morgan fingerprint density at radius 1 is 1.11 bits per heavy atom. The molecule has 1 atom stereocenters. The van der Waals surface area contributed by atoms with E-state index in [1.54, 1.807) is 10.7 Å². The molecule has 1 aliphatic rings. The standard InChI is InChI=1S/C17H8F5NO3.ClH.Ru/c1-6-4-3-5-8-15(6)26-7(2)16(24)23(8)17(25)9-10(18)12(20)14(22)13(21)11(9)19;;/h1,3-5,7H,2H3;1H;/q;;+1/p-1. The number of carbonyl (C=O) groups is 2. The summed E-state index contributed by atoms with van der Waals surface area (Å²) in [5.41, 5.74) is -1.51. The summed E-state index contributed by atoms with van der Waals surface area (Å²) in [6, 6.07) is 4.23. The summed E-state index contributed by atoms with van der Waals surface area (Å²) >= 11 is -0.722. The summed E-state index contributed by atoms with van der Waals surface area (Å²) in [6.45, 7) is 1.27. The van der Waals surface area contributed by atoms with Crippen LogP contribution in [-0.2, 0) is 20.5 Å². The van der Waals surface area contributed by atoms with Crippen LogP contribution in [0.2, 0.25) is 0 Å². The van der Waals surface area contributed by atoms with Crippen LogP contribution in [-0.4, -0.2) is 22.5 Å². The number of para-hydroxylation sites is 1. The zero-order valence-electron chi connectivity index (χ0n) is 13.7. The number of ether oxygens (including phenoxy) is 1. The Kier molecular flexibility index (Phi) is 5.63. The van der Waals surface area contributed by atoms with Crippen LogP contribution < -0.4 is 9.64 Å². The second-order valence-corrected chi connectivity index (χ2v) is 7.35. The molecule has 2 aromatic rings. The fourth-order valence-corrected chi connectivity index (χ4v) is 3.70. The molecule has 1 heterocycles. The van der Waals surface area contributed by atoms with Gasteiger partial charge in [-0.2, -0.15) is 0 Å². The van der Waals surface area contributed by atoms with Gasteiger partial charge >= 0.3 is 166 Å². The fraction of sp³-hybridized carbons (Fsp3) is 0.118. The van der Waals surface area contributed by atoms with Crippen molar-refractivity contribution in [1.29, 1.82) is 0 Å². The van der Waals surface area contributed by atoms with Gasteiger partial charge in [0.25, 0.3) is 0 Å². The van der Waals surface area contributed by atoms with Gasteiger partial charge in [-0.15, -0.1) is 0 Å². The van der Waals surface area contributed by atoms with E-state index >= 15 is 0 Å². The van der Waals surface area contributed by atoms with Gasteiger partial charge in [0.2, 0.25) is 0 Å². The third-order valence-electron chi connectivity index (χ3n) is 3.90. The van der Waals surface area contributed by atoms with Gasteiger partial charge in [0.05, 0.1) is 0 Å². The SMILES string of the molecule is CC1Oc2c([CH]=[Ru][Cl])cccc2N(C(=O)c2c(F)c(F)c(F)c(F)c2F)C1=O. The molecule has 0 bridgehead atoms. The Labute approximate surface area is 166 Å². The number of fused-ring (bicyclic) bond motifs is 1. The number of rotatable bonds is 2. The van der Waals surface area contributed by atoms with E-state index in [4.69, 9.17) is 14.4 Å². The molecule has 2 amide bonds. The number of imide groups is 1. The molecular formula is C17H8ClF5NO3Ru. The summed E-state index contributed by atoms with van der Waals surface area (Å²) in [5.74, 6) is -14.3. The molecule has 4 nitrogen and oxygen atoms in total. The summed E-state index contributed by atoms with van der Waals surface area (Å²) < 4.78 is 75.5. The van der Waals surface area contributed by atoms with E-state index < -0.39 is 68.3 Å². The Hall–Kier alpha value is -2.19. The average molecular weight is 506 g/mol. The number of carbonyl (C=O) groups excluding carboxylic acids is 2. The molecule has 2 aromatic carbocycles. The molecular weight excluding hydrogens is 498 g/mol. The Bertz CT molecular complexity index is 1020. The molecule has 3 rings (SSSR count). The van der Waals surface area contributed by atoms with E-state index in [1.807, 2.05) is 0 Å². The number of hydrogen-bond donors (Lipinski definition) is 0. The molecule has 0 saturated heterocycles. The number of benzene rings is 2. The van der Waals surface area contributed by atoms with Gasteiger partial charge in [-0.25, -0.2) is 0 Å². The predicted molar refractivity (Wildman–Crippen MR) is 85.6 cm³/mol. The molecule has 0 saturated carbocycles. The predicted octanol–water partition coefficient (Wildman–Crippen LogP) is 3.72. The molecule has 11 heteroatoms. The normalized spacial score (nSPS) is 16.6. The molecule has 0 aliphatic carbocycles. The summed E-state index contributed by atoms with van der Waals surface area (Å²) in [7, 11) is 5.74. The zero-order valence-corrected chi connectivity index (χ0v) is 16.2. The van der Waals surface area contributed by atoms with E-state index in [9.17, 15) is 31.5 Å². The molecule has 0 fully saturated rings. The number of halogens is 6. The summed E-state index contributed by atoms with van der Waals surface area (Å²) in [5, 5.41) is 0. The molecule has 0 radical (unpaired) electrons. The molecule has 149 valence electrons. The van der Waals surface area contributed by atoms with Crippen LogP contribution in [0.25, 0.3) is 0 Å². The molecule has 1 aliphatic heterocycles.